The number of carbonyl (C=O) groups is 2. The molecule has 0 fully saturated rings. The van der Waals surface area contributed by atoms with Crippen molar-refractivity contribution < 1.29 is 37.3 Å². The fraction of sp³-hybridized carbons (Fsp3) is 0.481. The van der Waals surface area contributed by atoms with Crippen LogP contribution in [0.3, 0.4) is 0 Å². The van der Waals surface area contributed by atoms with Crippen molar-refractivity contribution in [1.29, 1.82) is 0 Å². The maximum atomic E-state index is 13.0. The summed E-state index contributed by atoms with van der Waals surface area (Å²) in [5.74, 6) is -1.55. The van der Waals surface area contributed by atoms with Crippen LogP contribution in [0.2, 0.25) is 0 Å². The monoisotopic (exact) mass is 533 g/mol. The first kappa shape index (κ1) is 28.8. The Balaban J connectivity index is 1.77. The topological polar surface area (TPSA) is 128 Å². The summed E-state index contributed by atoms with van der Waals surface area (Å²) < 4.78 is 45.2. The number of benzene rings is 1. The average Bonchev–Trinajstić information content (AvgIpc) is 2.85. The zero-order valence-electron chi connectivity index (χ0n) is 21.3. The van der Waals surface area contributed by atoms with E-state index in [4.69, 9.17) is 14.2 Å². The third-order valence-corrected chi connectivity index (χ3v) is 7.79. The van der Waals surface area contributed by atoms with Gasteiger partial charge in [0.1, 0.15) is 25.4 Å². The Hall–Kier alpha value is -2.79. The molecule has 1 aromatic carbocycles. The largest absolute Gasteiger partial charge is 0.464 e. The fourth-order valence-corrected chi connectivity index (χ4v) is 5.18. The van der Waals surface area contributed by atoms with Crippen molar-refractivity contribution in [3.63, 3.8) is 0 Å². The van der Waals surface area contributed by atoms with Gasteiger partial charge in [-0.1, -0.05) is 68.0 Å². The normalized spacial score (nSPS) is 31.9. The molecule has 37 heavy (non-hydrogen) atoms. The predicted octanol–water partition coefficient (Wildman–Crippen LogP) is 2.59. The molecular formula is C27H35NO8S. The number of nitrogens with one attached hydrogen (secondary N) is 1. The minimum Gasteiger partial charge on any atom is -0.464 e. The van der Waals surface area contributed by atoms with Gasteiger partial charge in [-0.2, -0.15) is 0 Å². The van der Waals surface area contributed by atoms with E-state index >= 15 is 0 Å². The first-order chi connectivity index (χ1) is 17.5. The van der Waals surface area contributed by atoms with Crippen LogP contribution < -0.4 is 4.72 Å². The lowest BCUT2D eigenvalue weighted by molar-refractivity contribution is -0.153. The highest BCUT2D eigenvalue weighted by Gasteiger charge is 2.29. The van der Waals surface area contributed by atoms with Crippen molar-refractivity contribution in [1.82, 2.24) is 4.72 Å². The number of carbonyl (C=O) groups excluding carboxylic acids is 2. The molecule has 2 aliphatic heterocycles. The van der Waals surface area contributed by atoms with Gasteiger partial charge in [-0.15, -0.1) is 0 Å². The van der Waals surface area contributed by atoms with Crippen LogP contribution in [0.25, 0.3) is 0 Å². The second-order valence-electron chi connectivity index (χ2n) is 9.40. The molecule has 9 nitrogen and oxygen atoms in total. The van der Waals surface area contributed by atoms with Crippen LogP contribution in [-0.2, 0) is 33.8 Å². The average molecular weight is 534 g/mol. The van der Waals surface area contributed by atoms with E-state index in [9.17, 15) is 23.1 Å². The lowest BCUT2D eigenvalue weighted by Gasteiger charge is -2.31. The van der Waals surface area contributed by atoms with Crippen LogP contribution >= 0.6 is 0 Å². The zero-order valence-corrected chi connectivity index (χ0v) is 22.1. The van der Waals surface area contributed by atoms with Gasteiger partial charge in [-0.05, 0) is 25.0 Å². The van der Waals surface area contributed by atoms with Crippen molar-refractivity contribution in [2.75, 3.05) is 13.2 Å². The molecule has 202 valence electrons. The van der Waals surface area contributed by atoms with Crippen molar-refractivity contribution in [2.24, 2.45) is 11.8 Å². The Bertz CT molecular complexity index is 1130. The molecule has 2 bridgehead atoms. The summed E-state index contributed by atoms with van der Waals surface area (Å²) >= 11 is 0. The van der Waals surface area contributed by atoms with Gasteiger partial charge in [0.05, 0.1) is 29.9 Å². The maximum absolute atomic E-state index is 13.0. The Kier molecular flexibility index (Phi) is 10.2. The molecule has 0 aromatic heterocycles. The van der Waals surface area contributed by atoms with Crippen molar-refractivity contribution in [3.8, 4) is 0 Å². The highest BCUT2D eigenvalue weighted by molar-refractivity contribution is 7.89. The molecule has 0 amide bonds. The third kappa shape index (κ3) is 8.63. The second-order valence-corrected chi connectivity index (χ2v) is 11.1. The zero-order chi connectivity index (χ0) is 27.0. The molecule has 0 aliphatic carbocycles. The number of fused-ring (bicyclic) bond motifs is 2. The Morgan fingerprint density at radius 3 is 2.11 bits per heavy atom. The van der Waals surface area contributed by atoms with Gasteiger partial charge in [0.15, 0.2) is 0 Å². The lowest BCUT2D eigenvalue weighted by Crippen LogP contribution is -2.42. The van der Waals surface area contributed by atoms with Crippen LogP contribution in [0, 0.1) is 18.8 Å². The third-order valence-electron chi connectivity index (χ3n) is 6.28. The summed E-state index contributed by atoms with van der Waals surface area (Å²) in [5, 5.41) is 10.2. The Morgan fingerprint density at radius 1 is 0.865 bits per heavy atom. The van der Waals surface area contributed by atoms with Gasteiger partial charge in [0.2, 0.25) is 10.0 Å². The molecule has 2 heterocycles. The SMILES string of the molecule is Cc1ccc(S(=O)(=O)N[C@H]2COC(=O)C/C=C/[C@@H](C)[C@@H]3C=C[C@H](O)[C@@H](COC(=O)C/C=C/[C@H]2C)O3)cc1. The van der Waals surface area contributed by atoms with Crippen molar-refractivity contribution in [3.05, 3.63) is 66.3 Å². The number of hydrogen-bond donors (Lipinski definition) is 2. The highest BCUT2D eigenvalue weighted by Crippen LogP contribution is 2.21. The van der Waals surface area contributed by atoms with Crippen LogP contribution in [-0.4, -0.2) is 63.0 Å². The number of aliphatic hydroxyl groups excluding tert-OH is 1. The minimum absolute atomic E-state index is 0.00604. The van der Waals surface area contributed by atoms with E-state index in [1.807, 2.05) is 19.9 Å². The van der Waals surface area contributed by atoms with Gasteiger partial charge >= 0.3 is 11.9 Å². The predicted molar refractivity (Wildman–Crippen MR) is 137 cm³/mol. The number of sulfonamides is 1. The van der Waals surface area contributed by atoms with E-state index in [-0.39, 0.29) is 43.0 Å². The van der Waals surface area contributed by atoms with E-state index in [0.29, 0.717) is 0 Å². The summed E-state index contributed by atoms with van der Waals surface area (Å²) in [6.07, 6.45) is 8.07. The summed E-state index contributed by atoms with van der Waals surface area (Å²) in [5.41, 5.74) is 0.926. The molecule has 2 aliphatic rings. The lowest BCUT2D eigenvalue weighted by atomic mass is 9.99. The molecule has 0 radical (unpaired) electrons. The second kappa shape index (κ2) is 13.1. The number of aliphatic hydroxyl groups is 1. The number of esters is 2. The molecule has 0 saturated heterocycles. The van der Waals surface area contributed by atoms with E-state index in [0.717, 1.165) is 5.56 Å². The summed E-state index contributed by atoms with van der Waals surface area (Å²) in [4.78, 5) is 24.8. The smallest absolute Gasteiger partial charge is 0.309 e. The molecule has 0 saturated carbocycles. The quantitative estimate of drug-likeness (QED) is 0.448. The van der Waals surface area contributed by atoms with E-state index in [2.05, 4.69) is 4.72 Å². The summed E-state index contributed by atoms with van der Waals surface area (Å²) in [6.45, 7) is 5.23. The van der Waals surface area contributed by atoms with Crippen LogP contribution in [0.1, 0.15) is 32.3 Å². The molecule has 0 spiro atoms. The summed E-state index contributed by atoms with van der Waals surface area (Å²) in [6, 6.07) is 5.66. The van der Waals surface area contributed by atoms with Crippen LogP contribution in [0.15, 0.2) is 65.6 Å². The number of hydrogen-bond acceptors (Lipinski definition) is 8. The minimum atomic E-state index is -3.88. The number of ether oxygens (including phenoxy) is 3. The molecule has 10 heteroatoms. The van der Waals surface area contributed by atoms with Gasteiger partial charge in [0.25, 0.3) is 0 Å². The van der Waals surface area contributed by atoms with Gasteiger partial charge < -0.3 is 19.3 Å². The van der Waals surface area contributed by atoms with E-state index in [1.54, 1.807) is 49.4 Å². The molecule has 2 N–H and O–H groups in total. The maximum Gasteiger partial charge on any atom is 0.309 e. The van der Waals surface area contributed by atoms with Gasteiger partial charge in [-0.25, -0.2) is 13.1 Å². The van der Waals surface area contributed by atoms with E-state index < -0.39 is 46.1 Å². The fourth-order valence-electron chi connectivity index (χ4n) is 3.87. The first-order valence-corrected chi connectivity index (χ1v) is 13.8. The van der Waals surface area contributed by atoms with Gasteiger partial charge in [0, 0.05) is 5.92 Å². The van der Waals surface area contributed by atoms with Crippen molar-refractivity contribution in [2.45, 2.75) is 62.9 Å². The van der Waals surface area contributed by atoms with E-state index in [1.165, 1.54) is 12.1 Å². The van der Waals surface area contributed by atoms with Crippen LogP contribution in [0.5, 0.6) is 0 Å². The molecule has 1 aromatic rings. The van der Waals surface area contributed by atoms with Crippen LogP contribution in [0.4, 0.5) is 0 Å². The standard InChI is InChI=1S/C27H35NO8S/c1-18-10-12-21(13-11-18)37(32,33)28-22-16-34-26(30)9-5-7-20(3)24-15-14-23(29)25(36-24)17-35-27(31)8-4-6-19(22)2/h4-7,10-15,19-20,22-25,28-29H,8-9,16-17H2,1-3H3/b6-4+,7-5+/t19-,20-,22+,23+,24+,25-/m1/s1. The highest BCUT2D eigenvalue weighted by atomic mass is 32.2. The van der Waals surface area contributed by atoms with Gasteiger partial charge in [-0.3, -0.25) is 9.59 Å². The molecule has 0 unspecified atom stereocenters. The molecule has 6 atom stereocenters. The Morgan fingerprint density at radius 2 is 1.46 bits per heavy atom. The number of cyclic esters (lactones) is 2. The molecular weight excluding hydrogens is 498 g/mol. The number of rotatable bonds is 3. The first-order valence-electron chi connectivity index (χ1n) is 12.3. The van der Waals surface area contributed by atoms with Crippen molar-refractivity contribution >= 4 is 22.0 Å². The summed E-state index contributed by atoms with van der Waals surface area (Å²) in [7, 11) is -3.88. The molecule has 3 rings (SSSR count). The number of aryl methyl sites for hydroxylation is 1. The Labute approximate surface area is 218 Å².